The summed E-state index contributed by atoms with van der Waals surface area (Å²) in [5, 5.41) is 0. The molecule has 1 unspecified atom stereocenters. The summed E-state index contributed by atoms with van der Waals surface area (Å²) in [5.41, 5.74) is 1.62. The van der Waals surface area contributed by atoms with Gasteiger partial charge in [-0.15, -0.1) is 0 Å². The molecule has 0 amide bonds. The summed E-state index contributed by atoms with van der Waals surface area (Å²) in [6.45, 7) is 4.68. The third-order valence-corrected chi connectivity index (χ3v) is 2.81. The Morgan fingerprint density at radius 2 is 1.92 bits per heavy atom. The van der Waals surface area contributed by atoms with Gasteiger partial charge in [0.25, 0.3) is 0 Å². The minimum absolute atomic E-state index is 0.916. The van der Waals surface area contributed by atoms with Crippen LogP contribution < -0.4 is 0 Å². The molecule has 0 aliphatic heterocycles. The van der Waals surface area contributed by atoms with Crippen molar-refractivity contribution in [1.29, 1.82) is 0 Å². The molecular formula is C12H22. The zero-order valence-corrected chi connectivity index (χ0v) is 8.60. The quantitative estimate of drug-likeness (QED) is 0.470. The molecule has 70 valence electrons. The Labute approximate surface area is 77.1 Å². The van der Waals surface area contributed by atoms with E-state index in [9.17, 15) is 0 Å². The molecule has 0 aromatic heterocycles. The van der Waals surface area contributed by atoms with Crippen LogP contribution in [0.4, 0.5) is 0 Å². The summed E-state index contributed by atoms with van der Waals surface area (Å²) >= 11 is 0. The van der Waals surface area contributed by atoms with Crippen LogP contribution in [0.5, 0.6) is 0 Å². The van der Waals surface area contributed by atoms with Gasteiger partial charge >= 0.3 is 0 Å². The van der Waals surface area contributed by atoms with Gasteiger partial charge in [-0.3, -0.25) is 0 Å². The second-order valence-corrected chi connectivity index (χ2v) is 4.35. The summed E-state index contributed by atoms with van der Waals surface area (Å²) < 4.78 is 0. The van der Waals surface area contributed by atoms with Crippen molar-refractivity contribution >= 4 is 0 Å². The first-order chi connectivity index (χ1) is 5.79. The number of hydrogen-bond acceptors (Lipinski definition) is 0. The van der Waals surface area contributed by atoms with Gasteiger partial charge in [0.2, 0.25) is 0 Å². The van der Waals surface area contributed by atoms with E-state index in [1.54, 1.807) is 5.57 Å². The fourth-order valence-corrected chi connectivity index (χ4v) is 2.07. The van der Waals surface area contributed by atoms with Crippen LogP contribution in [0.1, 0.15) is 58.8 Å². The Balaban J connectivity index is 2.39. The average molecular weight is 166 g/mol. The first kappa shape index (κ1) is 9.83. The minimum Gasteiger partial charge on any atom is -0.0856 e. The second-order valence-electron chi connectivity index (χ2n) is 4.35. The molecule has 1 aliphatic carbocycles. The smallest absolute Gasteiger partial charge is 0.0297 e. The van der Waals surface area contributed by atoms with Crippen LogP contribution >= 0.6 is 0 Å². The SMILES string of the molecule is CC1=CCCCCCCC(C)C1. The highest BCUT2D eigenvalue weighted by Gasteiger charge is 2.04. The third-order valence-electron chi connectivity index (χ3n) is 2.81. The normalized spacial score (nSPS) is 27.8. The minimum atomic E-state index is 0.916. The van der Waals surface area contributed by atoms with Crippen molar-refractivity contribution in [3.05, 3.63) is 11.6 Å². The van der Waals surface area contributed by atoms with Crippen molar-refractivity contribution < 1.29 is 0 Å². The zero-order valence-electron chi connectivity index (χ0n) is 8.60. The Bertz CT molecular complexity index is 144. The maximum absolute atomic E-state index is 2.45. The molecule has 1 aliphatic rings. The van der Waals surface area contributed by atoms with Crippen molar-refractivity contribution in [2.24, 2.45) is 5.92 Å². The molecule has 0 spiro atoms. The van der Waals surface area contributed by atoms with E-state index in [1.165, 1.54) is 44.9 Å². The molecule has 0 fully saturated rings. The molecule has 0 aromatic carbocycles. The van der Waals surface area contributed by atoms with E-state index >= 15 is 0 Å². The highest BCUT2D eigenvalue weighted by molar-refractivity contribution is 4.98. The molecule has 0 nitrogen and oxygen atoms in total. The molecule has 0 aromatic rings. The van der Waals surface area contributed by atoms with Gasteiger partial charge in [-0.25, -0.2) is 0 Å². The van der Waals surface area contributed by atoms with E-state index in [-0.39, 0.29) is 0 Å². The summed E-state index contributed by atoms with van der Waals surface area (Å²) in [5.74, 6) is 0.916. The summed E-state index contributed by atoms with van der Waals surface area (Å²) in [4.78, 5) is 0. The lowest BCUT2D eigenvalue weighted by Gasteiger charge is -2.13. The summed E-state index contributed by atoms with van der Waals surface area (Å²) in [7, 11) is 0. The molecule has 0 saturated carbocycles. The lowest BCUT2D eigenvalue weighted by atomic mass is 9.93. The van der Waals surface area contributed by atoms with Gasteiger partial charge in [0, 0.05) is 0 Å². The monoisotopic (exact) mass is 166 g/mol. The molecular weight excluding hydrogens is 144 g/mol. The van der Waals surface area contributed by atoms with Crippen molar-refractivity contribution in [3.63, 3.8) is 0 Å². The van der Waals surface area contributed by atoms with Crippen LogP contribution in [0.15, 0.2) is 11.6 Å². The molecule has 0 heterocycles. The third kappa shape index (κ3) is 3.94. The van der Waals surface area contributed by atoms with Crippen LogP contribution in [0.25, 0.3) is 0 Å². The van der Waals surface area contributed by atoms with Gasteiger partial charge < -0.3 is 0 Å². The van der Waals surface area contributed by atoms with Crippen LogP contribution in [0.3, 0.4) is 0 Å². The van der Waals surface area contributed by atoms with Gasteiger partial charge in [-0.05, 0) is 32.1 Å². The molecule has 0 radical (unpaired) electrons. The van der Waals surface area contributed by atoms with Crippen LogP contribution in [-0.2, 0) is 0 Å². The molecule has 1 rings (SSSR count). The molecule has 0 bridgehead atoms. The Hall–Kier alpha value is -0.260. The van der Waals surface area contributed by atoms with Crippen LogP contribution in [-0.4, -0.2) is 0 Å². The van der Waals surface area contributed by atoms with Gasteiger partial charge in [-0.1, -0.05) is 44.3 Å². The topological polar surface area (TPSA) is 0 Å². The van der Waals surface area contributed by atoms with Crippen molar-refractivity contribution in [1.82, 2.24) is 0 Å². The highest BCUT2D eigenvalue weighted by Crippen LogP contribution is 2.20. The number of rotatable bonds is 0. The predicted molar refractivity (Wildman–Crippen MR) is 55.2 cm³/mol. The Kier molecular flexibility index (Phi) is 4.42. The Morgan fingerprint density at radius 1 is 1.17 bits per heavy atom. The molecule has 0 saturated heterocycles. The first-order valence-corrected chi connectivity index (χ1v) is 5.44. The van der Waals surface area contributed by atoms with Crippen molar-refractivity contribution in [2.45, 2.75) is 58.8 Å². The number of hydrogen-bond donors (Lipinski definition) is 0. The van der Waals surface area contributed by atoms with E-state index < -0.39 is 0 Å². The van der Waals surface area contributed by atoms with Gasteiger partial charge in [0.1, 0.15) is 0 Å². The summed E-state index contributed by atoms with van der Waals surface area (Å²) in [6, 6.07) is 0. The number of allylic oxidation sites excluding steroid dienone is 2. The van der Waals surface area contributed by atoms with Crippen molar-refractivity contribution in [2.75, 3.05) is 0 Å². The maximum atomic E-state index is 2.45. The van der Waals surface area contributed by atoms with Crippen molar-refractivity contribution in [3.8, 4) is 0 Å². The molecule has 1 atom stereocenters. The second kappa shape index (κ2) is 5.40. The fourth-order valence-electron chi connectivity index (χ4n) is 2.07. The van der Waals surface area contributed by atoms with Crippen LogP contribution in [0, 0.1) is 5.92 Å². The fraction of sp³-hybridized carbons (Fsp3) is 0.833. The van der Waals surface area contributed by atoms with Gasteiger partial charge in [0.05, 0.1) is 0 Å². The van der Waals surface area contributed by atoms with E-state index in [4.69, 9.17) is 0 Å². The molecule has 0 heteroatoms. The summed E-state index contributed by atoms with van der Waals surface area (Å²) in [6.07, 6.45) is 12.3. The standard InChI is InChI=1S/C12H22/c1-11-8-6-4-3-5-7-9-12(2)10-11/h8,12H,3-7,9-10H2,1-2H3. The lowest BCUT2D eigenvalue weighted by Crippen LogP contribution is -1.97. The van der Waals surface area contributed by atoms with Gasteiger partial charge in [-0.2, -0.15) is 0 Å². The van der Waals surface area contributed by atoms with E-state index in [0.29, 0.717) is 0 Å². The van der Waals surface area contributed by atoms with Crippen LogP contribution in [0.2, 0.25) is 0 Å². The maximum Gasteiger partial charge on any atom is -0.0297 e. The highest BCUT2D eigenvalue weighted by atomic mass is 14.1. The Morgan fingerprint density at radius 3 is 2.75 bits per heavy atom. The zero-order chi connectivity index (χ0) is 8.81. The molecule has 0 N–H and O–H groups in total. The molecule has 12 heavy (non-hydrogen) atoms. The van der Waals surface area contributed by atoms with E-state index in [1.807, 2.05) is 0 Å². The van der Waals surface area contributed by atoms with Gasteiger partial charge in [0.15, 0.2) is 0 Å². The predicted octanol–water partition coefficient (Wildman–Crippen LogP) is 4.31. The first-order valence-electron chi connectivity index (χ1n) is 5.44. The largest absolute Gasteiger partial charge is 0.0856 e. The average Bonchev–Trinajstić information content (AvgIpc) is 2.02. The van der Waals surface area contributed by atoms with E-state index in [0.717, 1.165) is 5.92 Å². The van der Waals surface area contributed by atoms with E-state index in [2.05, 4.69) is 19.9 Å². The lowest BCUT2D eigenvalue weighted by molar-refractivity contribution is 0.477.